The summed E-state index contributed by atoms with van der Waals surface area (Å²) in [5, 5.41) is 0. The van der Waals surface area contributed by atoms with Gasteiger partial charge in [-0.15, -0.1) is 0 Å². The van der Waals surface area contributed by atoms with E-state index in [2.05, 4.69) is 11.3 Å². The molecule has 0 spiro atoms. The average molecular weight is 157 g/mol. The zero-order valence-corrected chi connectivity index (χ0v) is 8.48. The van der Waals surface area contributed by atoms with Gasteiger partial charge in [-0.2, -0.15) is 0 Å². The largest absolute Gasteiger partial charge is 1.00 e. The zero-order valence-electron chi connectivity index (χ0n) is 5.59. The Balaban J connectivity index is 0. The van der Waals surface area contributed by atoms with Crippen molar-refractivity contribution < 1.29 is 43.8 Å². The van der Waals surface area contributed by atoms with Crippen molar-refractivity contribution in [3.63, 3.8) is 0 Å². The fourth-order valence-electron chi connectivity index (χ4n) is 0.209. The first-order valence-electron chi connectivity index (χ1n) is 2.00. The number of allylic oxidation sites excluding steroid dienone is 1. The van der Waals surface area contributed by atoms with Gasteiger partial charge in [0.15, 0.2) is 6.16 Å². The molecule has 0 amide bonds. The summed E-state index contributed by atoms with van der Waals surface area (Å²) in [7, 11) is -0.980. The first-order valence-corrected chi connectivity index (χ1v) is 3.36. The van der Waals surface area contributed by atoms with Gasteiger partial charge in [-0.25, -0.2) is 0 Å². The van der Waals surface area contributed by atoms with Crippen molar-refractivity contribution in [2.24, 2.45) is 0 Å². The monoisotopic (exact) mass is 157 g/mol. The van der Waals surface area contributed by atoms with Crippen molar-refractivity contribution in [1.29, 1.82) is 0 Å². The predicted octanol–water partition coefficient (Wildman–Crippen LogP) is -2.75. The van der Waals surface area contributed by atoms with Crippen LogP contribution >= 0.6 is 8.03 Å². The number of hydrogen-bond donors (Lipinski definition) is 0. The quantitative estimate of drug-likeness (QED) is 0.253. The summed E-state index contributed by atoms with van der Waals surface area (Å²) in [6.45, 7) is 3.31. The van der Waals surface area contributed by atoms with Gasteiger partial charge in [0.05, 0.1) is 7.11 Å². The van der Waals surface area contributed by atoms with Crippen LogP contribution in [0.3, 0.4) is 0 Å². The van der Waals surface area contributed by atoms with E-state index in [1.165, 1.54) is 7.11 Å². The second kappa shape index (κ2) is 6.72. The summed E-state index contributed by atoms with van der Waals surface area (Å²) >= 11 is 0. The Kier molecular flexibility index (Phi) is 9.17. The minimum absolute atomic E-state index is 0. The Labute approximate surface area is 77.3 Å². The van der Waals surface area contributed by atoms with Crippen LogP contribution in [-0.2, 0) is 9.30 Å². The summed E-state index contributed by atoms with van der Waals surface area (Å²) in [5.74, 6) is 0.279. The fraction of sp³-hybridized carbons (Fsp3) is 0.500. The van der Waals surface area contributed by atoms with Crippen LogP contribution in [0.25, 0.3) is 0 Å². The van der Waals surface area contributed by atoms with Gasteiger partial charge in [-0.1, -0.05) is 11.1 Å². The van der Waals surface area contributed by atoms with Crippen LogP contribution in [-0.4, -0.2) is 13.3 Å². The molecule has 0 rings (SSSR count). The van der Waals surface area contributed by atoms with Gasteiger partial charge < -0.3 is 9.63 Å². The Morgan fingerprint density at radius 2 is 2.33 bits per heavy atom. The van der Waals surface area contributed by atoms with E-state index in [1.54, 1.807) is 0 Å². The van der Waals surface area contributed by atoms with Crippen molar-refractivity contribution in [3.05, 3.63) is 12.3 Å². The van der Waals surface area contributed by atoms with Gasteiger partial charge in [-0.3, -0.25) is 0 Å². The number of ether oxygens (including phenoxy) is 1. The van der Waals surface area contributed by atoms with E-state index in [-0.39, 0.29) is 41.5 Å². The van der Waals surface area contributed by atoms with Crippen LogP contribution in [0.5, 0.6) is 0 Å². The van der Waals surface area contributed by atoms with Gasteiger partial charge in [0.1, 0.15) is 5.76 Å². The van der Waals surface area contributed by atoms with E-state index in [9.17, 15) is 9.46 Å². The van der Waals surface area contributed by atoms with Crippen LogP contribution in [0.15, 0.2) is 12.3 Å². The second-order valence-electron chi connectivity index (χ2n) is 1.23. The van der Waals surface area contributed by atoms with Crippen molar-refractivity contribution in [1.82, 2.24) is 0 Å². The van der Waals surface area contributed by atoms with E-state index in [0.29, 0.717) is 0 Å². The van der Waals surface area contributed by atoms with Crippen molar-refractivity contribution >= 4 is 8.03 Å². The smallest absolute Gasteiger partial charge is 0.595 e. The molecule has 9 heavy (non-hydrogen) atoms. The summed E-state index contributed by atoms with van der Waals surface area (Å²) in [6, 6.07) is 0. The maximum absolute atomic E-state index is 9.86. The third-order valence-electron chi connectivity index (χ3n) is 0.594. The van der Waals surface area contributed by atoms with Gasteiger partial charge in [0, 0.05) is 0 Å². The SMILES string of the molecule is C=C(C[P+](=O)[O-])OC.[Na+]. The molecule has 0 radical (unpaired) electrons. The van der Waals surface area contributed by atoms with E-state index >= 15 is 0 Å². The normalized spacial score (nSPS) is 9.33. The second-order valence-corrected chi connectivity index (χ2v) is 2.22. The van der Waals surface area contributed by atoms with Crippen LogP contribution < -0.4 is 34.5 Å². The maximum Gasteiger partial charge on any atom is 1.00 e. The minimum atomic E-state index is -2.37. The molecule has 0 saturated carbocycles. The van der Waals surface area contributed by atoms with Crippen LogP contribution in [0.1, 0.15) is 0 Å². The maximum atomic E-state index is 9.86. The van der Waals surface area contributed by atoms with Gasteiger partial charge in [0.2, 0.25) is 0 Å². The molecule has 1 atom stereocenters. The third kappa shape index (κ3) is 8.60. The van der Waals surface area contributed by atoms with Crippen molar-refractivity contribution in [2.75, 3.05) is 13.3 Å². The van der Waals surface area contributed by atoms with Crippen molar-refractivity contribution in [3.8, 4) is 0 Å². The molecular formula is C4H7NaO3P+. The fourth-order valence-corrected chi connectivity index (χ4v) is 0.626. The van der Waals surface area contributed by atoms with E-state index in [1.807, 2.05) is 0 Å². The van der Waals surface area contributed by atoms with Gasteiger partial charge in [0.25, 0.3) is 0 Å². The van der Waals surface area contributed by atoms with Crippen LogP contribution in [0.4, 0.5) is 0 Å². The summed E-state index contributed by atoms with van der Waals surface area (Å²) in [4.78, 5) is 9.86. The molecule has 3 nitrogen and oxygen atoms in total. The summed E-state index contributed by atoms with van der Waals surface area (Å²) < 4.78 is 14.3. The summed E-state index contributed by atoms with van der Waals surface area (Å²) in [5.41, 5.74) is 0. The molecule has 0 aromatic carbocycles. The molecule has 0 heterocycles. The molecule has 0 saturated heterocycles. The van der Waals surface area contributed by atoms with Crippen LogP contribution in [0.2, 0.25) is 0 Å². The molecule has 0 aromatic rings. The molecule has 5 heteroatoms. The minimum Gasteiger partial charge on any atom is -0.595 e. The molecule has 0 fully saturated rings. The van der Waals surface area contributed by atoms with E-state index < -0.39 is 8.03 Å². The first kappa shape index (κ1) is 12.3. The molecule has 0 aliphatic heterocycles. The van der Waals surface area contributed by atoms with E-state index in [4.69, 9.17) is 0 Å². The molecular weight excluding hydrogens is 150 g/mol. The predicted molar refractivity (Wildman–Crippen MR) is 28.6 cm³/mol. The number of hydrogen-bond acceptors (Lipinski definition) is 3. The number of methoxy groups -OCH3 is 1. The molecule has 0 aliphatic rings. The zero-order chi connectivity index (χ0) is 6.57. The molecule has 0 bridgehead atoms. The Morgan fingerprint density at radius 3 is 2.44 bits per heavy atom. The Morgan fingerprint density at radius 1 is 1.89 bits per heavy atom. The molecule has 0 N–H and O–H groups in total. The molecule has 0 aliphatic carbocycles. The third-order valence-corrected chi connectivity index (χ3v) is 1.21. The Hall–Kier alpha value is 0.600. The van der Waals surface area contributed by atoms with E-state index in [0.717, 1.165) is 0 Å². The van der Waals surface area contributed by atoms with Gasteiger partial charge >= 0.3 is 37.6 Å². The topological polar surface area (TPSA) is 49.4 Å². The Bertz CT molecular complexity index is 114. The number of rotatable bonds is 3. The molecule has 1 unspecified atom stereocenters. The first-order chi connectivity index (χ1) is 3.66. The standard InChI is InChI=1S/C4H7O3P.Na/c1-4(7-2)3-8(5)6;/h1,3H2,2H3;/q;+1. The average Bonchev–Trinajstić information content (AvgIpc) is 1.65. The summed E-state index contributed by atoms with van der Waals surface area (Å²) in [6.07, 6.45) is -0.0775. The van der Waals surface area contributed by atoms with Crippen molar-refractivity contribution in [2.45, 2.75) is 0 Å². The van der Waals surface area contributed by atoms with Crippen LogP contribution in [0, 0.1) is 0 Å². The molecule has 0 aromatic heterocycles. The molecule has 46 valence electrons. The van der Waals surface area contributed by atoms with Gasteiger partial charge in [-0.05, 0) is 0 Å².